The molecule has 0 aliphatic heterocycles. The van der Waals surface area contributed by atoms with Gasteiger partial charge in [0.15, 0.2) is 0 Å². The van der Waals surface area contributed by atoms with Crippen LogP contribution in [0, 0.1) is 18.3 Å². The number of benzene rings is 1. The van der Waals surface area contributed by atoms with E-state index < -0.39 is 38.0 Å². The number of fused-ring (bicyclic) bond motifs is 1. The molecule has 0 radical (unpaired) electrons. The molecule has 2 N–H and O–H groups in total. The highest BCUT2D eigenvalue weighted by Gasteiger charge is 2.44. The zero-order valence-electron chi connectivity index (χ0n) is 18.0. The molecule has 1 aromatic carbocycles. The summed E-state index contributed by atoms with van der Waals surface area (Å²) in [6.07, 6.45) is 8.06. The van der Waals surface area contributed by atoms with Gasteiger partial charge in [-0.3, -0.25) is 9.78 Å². The molecule has 1 aliphatic rings. The van der Waals surface area contributed by atoms with Gasteiger partial charge in [-0.05, 0) is 65.0 Å². The van der Waals surface area contributed by atoms with Gasteiger partial charge in [-0.25, -0.2) is 4.39 Å². The van der Waals surface area contributed by atoms with Crippen molar-refractivity contribution < 1.29 is 28.5 Å². The van der Waals surface area contributed by atoms with Crippen molar-refractivity contribution in [3.8, 4) is 23.7 Å². The van der Waals surface area contributed by atoms with Crippen molar-refractivity contribution in [1.82, 2.24) is 4.98 Å². The van der Waals surface area contributed by atoms with E-state index >= 15 is 0 Å². The van der Waals surface area contributed by atoms with Gasteiger partial charge in [-0.1, -0.05) is 32.4 Å². The lowest BCUT2D eigenvalue weighted by Gasteiger charge is -2.27. The predicted octanol–water partition coefficient (Wildman–Crippen LogP) is 4.55. The number of ether oxygens (including phenoxy) is 1. The number of carbonyl (C=O) groups is 1. The number of pyridine rings is 1. The second-order valence-corrected chi connectivity index (χ2v) is 9.35. The Labute approximate surface area is 187 Å². The minimum atomic E-state index is -2.96. The fourth-order valence-corrected chi connectivity index (χ4v) is 5.19. The first-order chi connectivity index (χ1) is 15.2. The molecule has 8 heteroatoms. The van der Waals surface area contributed by atoms with Gasteiger partial charge in [0.2, 0.25) is 5.66 Å². The summed E-state index contributed by atoms with van der Waals surface area (Å²) in [5.41, 5.74) is 2.90. The summed E-state index contributed by atoms with van der Waals surface area (Å²) >= 11 is 0. The van der Waals surface area contributed by atoms with Crippen molar-refractivity contribution in [2.45, 2.75) is 63.6 Å². The first-order valence-electron chi connectivity index (χ1n) is 10.5. The highest BCUT2D eigenvalue weighted by molar-refractivity contribution is 7.38. The van der Waals surface area contributed by atoms with Crippen LogP contribution in [0.15, 0.2) is 24.3 Å². The largest absolute Gasteiger partial charge is 0.516 e. The van der Waals surface area contributed by atoms with Crippen molar-refractivity contribution >= 4 is 14.0 Å². The Bertz CT molecular complexity index is 1060. The zero-order valence-corrected chi connectivity index (χ0v) is 18.9. The third-order valence-corrected chi connectivity index (χ3v) is 6.75. The summed E-state index contributed by atoms with van der Waals surface area (Å²) < 4.78 is 30.7. The average Bonchev–Trinajstić information content (AvgIpc) is 2.73. The minimum absolute atomic E-state index is 0.126. The Morgan fingerprint density at radius 1 is 1.28 bits per heavy atom. The number of nitrogens with zero attached hydrogens (tertiary/aromatic N) is 1. The van der Waals surface area contributed by atoms with Crippen molar-refractivity contribution in [1.29, 1.82) is 0 Å². The van der Waals surface area contributed by atoms with Gasteiger partial charge in [0, 0.05) is 11.3 Å². The van der Waals surface area contributed by atoms with Gasteiger partial charge in [0.25, 0.3) is 0 Å². The molecule has 3 rings (SSSR count). The Hall–Kier alpha value is -2.65. The van der Waals surface area contributed by atoms with E-state index in [1.165, 1.54) is 12.1 Å². The molecule has 1 heterocycles. The number of aliphatic hydroxyl groups excluding tert-OH is 1. The minimum Gasteiger partial charge on any atom is -0.387 e. The van der Waals surface area contributed by atoms with E-state index in [9.17, 15) is 23.7 Å². The summed E-state index contributed by atoms with van der Waals surface area (Å²) in [6, 6.07) is 5.90. The van der Waals surface area contributed by atoms with Crippen LogP contribution in [-0.2, 0) is 26.9 Å². The molecule has 1 aliphatic carbocycles. The van der Waals surface area contributed by atoms with E-state index in [2.05, 4.69) is 4.74 Å². The number of halogens is 1. The van der Waals surface area contributed by atoms with Crippen LogP contribution >= 0.6 is 8.03 Å². The highest BCUT2D eigenvalue weighted by Crippen LogP contribution is 2.50. The van der Waals surface area contributed by atoms with Crippen LogP contribution in [0.4, 0.5) is 4.39 Å². The smallest absolute Gasteiger partial charge is 0.387 e. The second kappa shape index (κ2) is 10.3. The molecule has 0 fully saturated rings. The number of rotatable bonds is 7. The number of carbonyl (C=O) groups excluding carboxylic acids is 1. The lowest BCUT2D eigenvalue weighted by Crippen LogP contribution is -2.24. The SMILES string of the molecule is C#COC(=O)CC(O)C(c1c(C(C)C)nc2c(c1-c1ccc(F)cc1)CCCC2)[P+](=O)O. The zero-order chi connectivity index (χ0) is 23.4. The number of esters is 1. The number of aryl methyl sites for hydroxylation is 1. The molecular weight excluding hydrogens is 432 g/mol. The monoisotopic (exact) mass is 458 g/mol. The number of hydrogen-bond acceptors (Lipinski definition) is 5. The summed E-state index contributed by atoms with van der Waals surface area (Å²) in [7, 11) is -2.96. The van der Waals surface area contributed by atoms with Gasteiger partial charge in [0.05, 0.1) is 12.1 Å². The van der Waals surface area contributed by atoms with E-state index in [0.29, 0.717) is 28.8 Å². The topological polar surface area (TPSA) is 96.7 Å². The predicted molar refractivity (Wildman–Crippen MR) is 118 cm³/mol. The maximum Gasteiger partial charge on any atom is 0.516 e. The molecule has 0 bridgehead atoms. The van der Waals surface area contributed by atoms with Crippen LogP contribution in [0.3, 0.4) is 0 Å². The van der Waals surface area contributed by atoms with E-state index in [1.807, 2.05) is 13.8 Å². The molecule has 0 amide bonds. The Kier molecular flexibility index (Phi) is 7.73. The van der Waals surface area contributed by atoms with Crippen LogP contribution in [0.5, 0.6) is 0 Å². The molecule has 0 spiro atoms. The van der Waals surface area contributed by atoms with Crippen LogP contribution < -0.4 is 0 Å². The molecule has 0 saturated carbocycles. The van der Waals surface area contributed by atoms with Gasteiger partial charge in [-0.15, -0.1) is 0 Å². The Morgan fingerprint density at radius 3 is 2.53 bits per heavy atom. The van der Waals surface area contributed by atoms with E-state index in [1.54, 1.807) is 18.2 Å². The molecule has 0 saturated heterocycles. The molecule has 2 aromatic rings. The maximum absolute atomic E-state index is 13.7. The van der Waals surface area contributed by atoms with Gasteiger partial charge in [-0.2, -0.15) is 4.89 Å². The number of hydrogen-bond donors (Lipinski definition) is 2. The molecule has 6 nitrogen and oxygen atoms in total. The molecular formula is C24H26FNO5P+. The Balaban J connectivity index is 2.30. The molecule has 32 heavy (non-hydrogen) atoms. The van der Waals surface area contributed by atoms with Crippen molar-refractivity contribution in [3.05, 3.63) is 52.6 Å². The lowest BCUT2D eigenvalue weighted by molar-refractivity contribution is -0.139. The molecule has 3 unspecified atom stereocenters. The fraction of sp³-hybridized carbons (Fsp3) is 0.417. The fourth-order valence-electron chi connectivity index (χ4n) is 4.30. The molecule has 3 atom stereocenters. The number of aromatic nitrogens is 1. The van der Waals surface area contributed by atoms with Crippen LogP contribution in [-0.4, -0.2) is 27.1 Å². The first kappa shape index (κ1) is 24.0. The van der Waals surface area contributed by atoms with Gasteiger partial charge in [0.1, 0.15) is 18.0 Å². The van der Waals surface area contributed by atoms with Crippen molar-refractivity contribution in [3.63, 3.8) is 0 Å². The lowest BCUT2D eigenvalue weighted by atomic mass is 9.82. The summed E-state index contributed by atoms with van der Waals surface area (Å²) in [5, 5.41) is 10.9. The summed E-state index contributed by atoms with van der Waals surface area (Å²) in [6.45, 7) is 3.83. The average molecular weight is 458 g/mol. The molecule has 1 aromatic heterocycles. The summed E-state index contributed by atoms with van der Waals surface area (Å²) in [4.78, 5) is 27.0. The van der Waals surface area contributed by atoms with Crippen LogP contribution in [0.1, 0.15) is 67.2 Å². The third-order valence-electron chi connectivity index (χ3n) is 5.67. The maximum atomic E-state index is 13.7. The first-order valence-corrected chi connectivity index (χ1v) is 11.8. The summed E-state index contributed by atoms with van der Waals surface area (Å²) in [5.74, 6) is -1.40. The van der Waals surface area contributed by atoms with Gasteiger partial charge >= 0.3 is 14.0 Å². The van der Waals surface area contributed by atoms with Crippen LogP contribution in [0.25, 0.3) is 11.1 Å². The molecule has 168 valence electrons. The Morgan fingerprint density at radius 2 is 1.94 bits per heavy atom. The standard InChI is InChI=1S/C24H25FNO5P/c1-4-31-20(28)13-19(27)24(32(29)30)22-21(15-9-11-16(25)12-10-15)17-7-5-6-8-18(17)26-23(22)14(2)3/h1,9-12,14,19,24,27H,5-8,13H2,2-3H3/p+1. The van der Waals surface area contributed by atoms with Crippen molar-refractivity contribution in [2.24, 2.45) is 0 Å². The second-order valence-electron chi connectivity index (χ2n) is 8.19. The van der Waals surface area contributed by atoms with Crippen LogP contribution in [0.2, 0.25) is 0 Å². The van der Waals surface area contributed by atoms with Gasteiger partial charge < -0.3 is 9.84 Å². The van der Waals surface area contributed by atoms with E-state index in [4.69, 9.17) is 11.4 Å². The number of aliphatic hydroxyl groups is 1. The highest BCUT2D eigenvalue weighted by atomic mass is 31.1. The normalized spacial score (nSPS) is 15.5. The third kappa shape index (κ3) is 5.05. The number of terminal acetylenes is 1. The van der Waals surface area contributed by atoms with E-state index in [-0.39, 0.29) is 5.92 Å². The quantitative estimate of drug-likeness (QED) is 0.359. The van der Waals surface area contributed by atoms with Crippen molar-refractivity contribution in [2.75, 3.05) is 0 Å². The van der Waals surface area contributed by atoms with E-state index in [0.717, 1.165) is 30.5 Å².